The van der Waals surface area contributed by atoms with Crippen molar-refractivity contribution in [3.8, 4) is 0 Å². The molecule has 2 heteroatoms. The summed E-state index contributed by atoms with van der Waals surface area (Å²) in [5.74, 6) is 1.94. The lowest BCUT2D eigenvalue weighted by molar-refractivity contribution is 0.252. The van der Waals surface area contributed by atoms with E-state index in [4.69, 9.17) is 0 Å². The Morgan fingerprint density at radius 2 is 1.64 bits per heavy atom. The maximum absolute atomic E-state index is 3.51. The van der Waals surface area contributed by atoms with Crippen molar-refractivity contribution in [2.75, 3.05) is 26.2 Å². The zero-order chi connectivity index (χ0) is 7.52. The van der Waals surface area contributed by atoms with Crippen LogP contribution < -0.4 is 10.6 Å². The van der Waals surface area contributed by atoms with Crippen molar-refractivity contribution in [2.24, 2.45) is 11.8 Å². The number of hydrogen-bond acceptors (Lipinski definition) is 2. The summed E-state index contributed by atoms with van der Waals surface area (Å²) in [4.78, 5) is 0. The fourth-order valence-electron chi connectivity index (χ4n) is 2.37. The van der Waals surface area contributed by atoms with Gasteiger partial charge in [-0.2, -0.15) is 0 Å². The van der Waals surface area contributed by atoms with Crippen LogP contribution in [-0.2, 0) is 0 Å². The second kappa shape index (κ2) is 3.55. The first kappa shape index (κ1) is 7.56. The van der Waals surface area contributed by atoms with Gasteiger partial charge in [-0.15, -0.1) is 0 Å². The van der Waals surface area contributed by atoms with Crippen molar-refractivity contribution in [2.45, 2.75) is 19.3 Å². The molecule has 0 radical (unpaired) electrons. The summed E-state index contributed by atoms with van der Waals surface area (Å²) in [7, 11) is 0. The van der Waals surface area contributed by atoms with Crippen LogP contribution in [0, 0.1) is 11.8 Å². The van der Waals surface area contributed by atoms with Crippen molar-refractivity contribution in [1.82, 2.24) is 10.6 Å². The number of nitrogens with one attached hydrogen (secondary N) is 2. The highest BCUT2D eigenvalue weighted by Gasteiger charge is 2.25. The highest BCUT2D eigenvalue weighted by atomic mass is 14.9. The van der Waals surface area contributed by atoms with Crippen LogP contribution in [0.3, 0.4) is 0 Å². The number of fused-ring (bicyclic) bond motifs is 1. The molecular formula is C9H18N2. The predicted molar refractivity (Wildman–Crippen MR) is 46.6 cm³/mol. The highest BCUT2D eigenvalue weighted by Crippen LogP contribution is 2.24. The van der Waals surface area contributed by atoms with Crippen LogP contribution in [-0.4, -0.2) is 26.2 Å². The van der Waals surface area contributed by atoms with E-state index in [-0.39, 0.29) is 0 Å². The second-order valence-electron chi connectivity index (χ2n) is 3.86. The molecule has 2 aliphatic heterocycles. The largest absolute Gasteiger partial charge is 0.316 e. The van der Waals surface area contributed by atoms with Crippen LogP contribution in [0.2, 0.25) is 0 Å². The molecular weight excluding hydrogens is 136 g/mol. The van der Waals surface area contributed by atoms with E-state index in [0.717, 1.165) is 11.8 Å². The van der Waals surface area contributed by atoms with Gasteiger partial charge in [0.2, 0.25) is 0 Å². The average Bonchev–Trinajstić information content (AvgIpc) is 2.28. The molecule has 2 N–H and O–H groups in total. The number of rotatable bonds is 0. The quantitative estimate of drug-likeness (QED) is 0.534. The monoisotopic (exact) mass is 154 g/mol. The third-order valence-corrected chi connectivity index (χ3v) is 3.10. The van der Waals surface area contributed by atoms with Crippen molar-refractivity contribution in [3.63, 3.8) is 0 Å². The van der Waals surface area contributed by atoms with Gasteiger partial charge in [-0.3, -0.25) is 0 Å². The zero-order valence-corrected chi connectivity index (χ0v) is 7.10. The van der Waals surface area contributed by atoms with Gasteiger partial charge in [-0.05, 0) is 57.3 Å². The van der Waals surface area contributed by atoms with Crippen LogP contribution in [0.1, 0.15) is 19.3 Å². The summed E-state index contributed by atoms with van der Waals surface area (Å²) >= 11 is 0. The van der Waals surface area contributed by atoms with Crippen LogP contribution in [0.25, 0.3) is 0 Å². The van der Waals surface area contributed by atoms with E-state index in [1.165, 1.54) is 45.4 Å². The van der Waals surface area contributed by atoms with Gasteiger partial charge in [-0.1, -0.05) is 0 Å². The van der Waals surface area contributed by atoms with E-state index in [9.17, 15) is 0 Å². The van der Waals surface area contributed by atoms with E-state index in [2.05, 4.69) is 10.6 Å². The molecule has 64 valence electrons. The third-order valence-electron chi connectivity index (χ3n) is 3.10. The molecule has 2 saturated heterocycles. The van der Waals surface area contributed by atoms with Gasteiger partial charge in [0.05, 0.1) is 0 Å². The van der Waals surface area contributed by atoms with Gasteiger partial charge in [0.1, 0.15) is 0 Å². The van der Waals surface area contributed by atoms with Crippen LogP contribution >= 0.6 is 0 Å². The van der Waals surface area contributed by atoms with Gasteiger partial charge in [-0.25, -0.2) is 0 Å². The first-order chi connectivity index (χ1) is 5.47. The molecule has 2 aliphatic rings. The Bertz CT molecular complexity index is 111. The first-order valence-electron chi connectivity index (χ1n) is 4.88. The molecule has 0 aromatic carbocycles. The fourth-order valence-corrected chi connectivity index (χ4v) is 2.37. The summed E-state index contributed by atoms with van der Waals surface area (Å²) in [6.45, 7) is 4.99. The highest BCUT2D eigenvalue weighted by molar-refractivity contribution is 4.81. The molecule has 2 nitrogen and oxygen atoms in total. The summed E-state index contributed by atoms with van der Waals surface area (Å²) in [5.41, 5.74) is 0. The first-order valence-corrected chi connectivity index (χ1v) is 4.88. The van der Waals surface area contributed by atoms with E-state index in [1.807, 2.05) is 0 Å². The topological polar surface area (TPSA) is 24.1 Å². The molecule has 0 saturated carbocycles. The molecule has 0 spiro atoms. The summed E-state index contributed by atoms with van der Waals surface area (Å²) in [6, 6.07) is 0. The fraction of sp³-hybridized carbons (Fsp3) is 1.00. The predicted octanol–water partition coefficient (Wildman–Crippen LogP) is 0.595. The molecule has 0 aliphatic carbocycles. The molecule has 2 heterocycles. The molecule has 0 aromatic rings. The third kappa shape index (κ3) is 1.74. The van der Waals surface area contributed by atoms with Crippen LogP contribution in [0.15, 0.2) is 0 Å². The van der Waals surface area contributed by atoms with Gasteiger partial charge in [0, 0.05) is 0 Å². The van der Waals surface area contributed by atoms with Gasteiger partial charge in [0.25, 0.3) is 0 Å². The molecule has 2 fully saturated rings. The van der Waals surface area contributed by atoms with E-state index < -0.39 is 0 Å². The summed E-state index contributed by atoms with van der Waals surface area (Å²) < 4.78 is 0. The maximum atomic E-state index is 3.51. The Morgan fingerprint density at radius 3 is 2.55 bits per heavy atom. The van der Waals surface area contributed by atoms with Gasteiger partial charge >= 0.3 is 0 Å². The van der Waals surface area contributed by atoms with Crippen molar-refractivity contribution in [1.29, 1.82) is 0 Å². The Balaban J connectivity index is 1.93. The Morgan fingerprint density at radius 1 is 0.818 bits per heavy atom. The minimum Gasteiger partial charge on any atom is -0.316 e. The molecule has 0 aromatic heterocycles. The molecule has 0 amide bonds. The van der Waals surface area contributed by atoms with E-state index in [1.54, 1.807) is 0 Å². The van der Waals surface area contributed by atoms with Crippen LogP contribution in [0.5, 0.6) is 0 Å². The lowest BCUT2D eigenvalue weighted by Crippen LogP contribution is -2.40. The Hall–Kier alpha value is -0.0800. The Labute approximate surface area is 68.7 Å². The van der Waals surface area contributed by atoms with Gasteiger partial charge < -0.3 is 10.6 Å². The average molecular weight is 154 g/mol. The maximum Gasteiger partial charge on any atom is -0.000571 e. The van der Waals surface area contributed by atoms with E-state index >= 15 is 0 Å². The van der Waals surface area contributed by atoms with E-state index in [0.29, 0.717) is 0 Å². The minimum atomic E-state index is 0.922. The standard InChI is InChI=1S/C9H18N2/c1-2-8-3-5-11-7-9(8)6-10-4-1/h8-11H,1-7H2. The van der Waals surface area contributed by atoms with Crippen molar-refractivity contribution in [3.05, 3.63) is 0 Å². The normalized spacial score (nSPS) is 39.3. The smallest absolute Gasteiger partial charge is 0.000571 e. The van der Waals surface area contributed by atoms with Gasteiger partial charge in [0.15, 0.2) is 0 Å². The molecule has 0 bridgehead atoms. The zero-order valence-electron chi connectivity index (χ0n) is 7.10. The minimum absolute atomic E-state index is 0.922. The SMILES string of the molecule is C1CNCC2CNCCC2C1. The molecule has 2 atom stereocenters. The van der Waals surface area contributed by atoms with Crippen LogP contribution in [0.4, 0.5) is 0 Å². The number of piperidine rings is 1. The lowest BCUT2D eigenvalue weighted by Gasteiger charge is -2.30. The van der Waals surface area contributed by atoms with Crippen molar-refractivity contribution >= 4 is 0 Å². The lowest BCUT2D eigenvalue weighted by atomic mass is 9.84. The molecule has 2 unspecified atom stereocenters. The molecule has 2 rings (SSSR count). The molecule has 11 heavy (non-hydrogen) atoms. The summed E-state index contributed by atoms with van der Waals surface area (Å²) in [5, 5.41) is 6.98. The summed E-state index contributed by atoms with van der Waals surface area (Å²) in [6.07, 6.45) is 4.26. The second-order valence-corrected chi connectivity index (χ2v) is 3.86. The Kier molecular flexibility index (Phi) is 2.44. The van der Waals surface area contributed by atoms with Crippen molar-refractivity contribution < 1.29 is 0 Å². The number of hydrogen-bond donors (Lipinski definition) is 2.